The molecule has 2 heterocycles. The van der Waals surface area contributed by atoms with Crippen LogP contribution < -0.4 is 4.74 Å². The second-order valence-corrected chi connectivity index (χ2v) is 9.27. The van der Waals surface area contributed by atoms with Gasteiger partial charge < -0.3 is 14.6 Å². The Hall–Kier alpha value is -2.08. The predicted octanol–water partition coefficient (Wildman–Crippen LogP) is 2.10. The number of carbonyl (C=O) groups is 2. The van der Waals surface area contributed by atoms with E-state index < -0.39 is 17.1 Å². The Balaban J connectivity index is 1.60. The summed E-state index contributed by atoms with van der Waals surface area (Å²) in [5.74, 6) is 0.999. The fourth-order valence-electron chi connectivity index (χ4n) is 6.70. The molecular formula is C22H25NO5. The second-order valence-electron chi connectivity index (χ2n) is 9.27. The highest BCUT2D eigenvalue weighted by atomic mass is 16.6. The van der Waals surface area contributed by atoms with Crippen molar-refractivity contribution in [3.8, 4) is 11.5 Å². The lowest BCUT2D eigenvalue weighted by Crippen LogP contribution is -2.77. The van der Waals surface area contributed by atoms with Crippen LogP contribution in [0.5, 0.6) is 11.5 Å². The molecule has 148 valence electrons. The van der Waals surface area contributed by atoms with Crippen molar-refractivity contribution in [2.24, 2.45) is 5.92 Å². The van der Waals surface area contributed by atoms with Gasteiger partial charge in [-0.15, -0.1) is 0 Å². The molecule has 0 amide bonds. The lowest BCUT2D eigenvalue weighted by Gasteiger charge is -2.63. The van der Waals surface area contributed by atoms with Crippen molar-refractivity contribution in [3.63, 3.8) is 0 Å². The molecule has 1 aromatic rings. The number of benzene rings is 1. The zero-order valence-corrected chi connectivity index (χ0v) is 16.1. The summed E-state index contributed by atoms with van der Waals surface area (Å²) >= 11 is 0. The Morgan fingerprint density at radius 1 is 1.36 bits per heavy atom. The van der Waals surface area contributed by atoms with E-state index in [-0.39, 0.29) is 23.5 Å². The minimum absolute atomic E-state index is 0.0490. The summed E-state index contributed by atoms with van der Waals surface area (Å²) in [7, 11) is 0. The fraction of sp³-hybridized carbons (Fsp3) is 0.636. The van der Waals surface area contributed by atoms with Crippen molar-refractivity contribution < 1.29 is 24.2 Å². The van der Waals surface area contributed by atoms with Gasteiger partial charge in [0.2, 0.25) is 0 Å². The Labute approximate surface area is 163 Å². The summed E-state index contributed by atoms with van der Waals surface area (Å²) < 4.78 is 12.4. The smallest absolute Gasteiger partial charge is 0.303 e. The molecule has 2 bridgehead atoms. The van der Waals surface area contributed by atoms with E-state index in [9.17, 15) is 14.7 Å². The van der Waals surface area contributed by atoms with Crippen molar-refractivity contribution in [3.05, 3.63) is 23.3 Å². The van der Waals surface area contributed by atoms with Crippen LogP contribution >= 0.6 is 0 Å². The number of phenolic OH excluding ortho intramolecular Hbond substituents is 1. The third-order valence-corrected chi connectivity index (χ3v) is 7.84. The average Bonchev–Trinajstić information content (AvgIpc) is 3.38. The summed E-state index contributed by atoms with van der Waals surface area (Å²) in [4.78, 5) is 27.8. The minimum Gasteiger partial charge on any atom is -0.504 e. The van der Waals surface area contributed by atoms with Crippen LogP contribution in [-0.4, -0.2) is 52.6 Å². The Morgan fingerprint density at radius 2 is 2.18 bits per heavy atom. The third-order valence-electron chi connectivity index (χ3n) is 7.84. The molecule has 2 aliphatic heterocycles. The minimum atomic E-state index is -0.767. The molecule has 0 radical (unpaired) electrons. The van der Waals surface area contributed by atoms with E-state index in [1.807, 2.05) is 6.07 Å². The number of rotatable bonds is 3. The first-order valence-corrected chi connectivity index (χ1v) is 10.4. The Kier molecular flexibility index (Phi) is 3.18. The molecule has 28 heavy (non-hydrogen) atoms. The third kappa shape index (κ3) is 1.87. The first kappa shape index (κ1) is 16.8. The van der Waals surface area contributed by atoms with Gasteiger partial charge in [0.05, 0.1) is 11.5 Å². The van der Waals surface area contributed by atoms with E-state index in [0.717, 1.165) is 36.6 Å². The summed E-state index contributed by atoms with van der Waals surface area (Å²) in [6.07, 6.45) is 4.22. The number of ketones is 1. The van der Waals surface area contributed by atoms with Gasteiger partial charge in [-0.2, -0.15) is 0 Å². The van der Waals surface area contributed by atoms with Gasteiger partial charge >= 0.3 is 5.97 Å². The first-order valence-electron chi connectivity index (χ1n) is 10.4. The van der Waals surface area contributed by atoms with Crippen LogP contribution in [0.1, 0.15) is 50.2 Å². The molecule has 1 spiro atoms. The zero-order chi connectivity index (χ0) is 19.3. The molecule has 6 heteroatoms. The van der Waals surface area contributed by atoms with Crippen LogP contribution in [0.3, 0.4) is 0 Å². The van der Waals surface area contributed by atoms with Gasteiger partial charge in [0.1, 0.15) is 5.60 Å². The number of carbonyl (C=O) groups excluding carboxylic acids is 2. The molecule has 6 rings (SSSR count). The van der Waals surface area contributed by atoms with Crippen molar-refractivity contribution in [1.29, 1.82) is 0 Å². The number of ether oxygens (including phenoxy) is 2. The van der Waals surface area contributed by atoms with E-state index in [1.54, 1.807) is 6.07 Å². The molecule has 3 fully saturated rings. The summed E-state index contributed by atoms with van der Waals surface area (Å²) in [5.41, 5.74) is 0.601. The van der Waals surface area contributed by atoms with Gasteiger partial charge in [0.15, 0.2) is 23.4 Å². The molecule has 1 saturated heterocycles. The SMILES string of the molecule is CC(=O)O[C@@]12CCC(=O)[C@@H]3Oc4c(O)ccc5c4[C@@]31CCN(CC1CC1)C2C5. The van der Waals surface area contributed by atoms with Crippen LogP contribution in [0, 0.1) is 5.92 Å². The molecule has 3 aliphatic carbocycles. The second kappa shape index (κ2) is 5.29. The van der Waals surface area contributed by atoms with Gasteiger partial charge in [-0.3, -0.25) is 14.5 Å². The fourth-order valence-corrected chi connectivity index (χ4v) is 6.70. The van der Waals surface area contributed by atoms with Gasteiger partial charge in [-0.05, 0) is 56.2 Å². The van der Waals surface area contributed by atoms with Crippen molar-refractivity contribution in [2.75, 3.05) is 13.1 Å². The van der Waals surface area contributed by atoms with E-state index in [1.165, 1.54) is 19.8 Å². The number of piperidine rings is 1. The first-order chi connectivity index (χ1) is 13.5. The number of hydrogen-bond donors (Lipinski definition) is 1. The van der Waals surface area contributed by atoms with Crippen LogP contribution in [0.15, 0.2) is 12.1 Å². The molecule has 1 N–H and O–H groups in total. The summed E-state index contributed by atoms with van der Waals surface area (Å²) in [5, 5.41) is 10.5. The Bertz CT molecular complexity index is 908. The summed E-state index contributed by atoms with van der Waals surface area (Å²) in [6.45, 7) is 3.36. The van der Waals surface area contributed by atoms with Crippen LogP contribution in [0.25, 0.3) is 0 Å². The van der Waals surface area contributed by atoms with Gasteiger partial charge in [0, 0.05) is 25.5 Å². The van der Waals surface area contributed by atoms with Crippen LogP contribution in [0.2, 0.25) is 0 Å². The predicted molar refractivity (Wildman–Crippen MR) is 99.3 cm³/mol. The van der Waals surface area contributed by atoms with Crippen molar-refractivity contribution in [2.45, 2.75) is 68.6 Å². The van der Waals surface area contributed by atoms with E-state index >= 15 is 0 Å². The zero-order valence-electron chi connectivity index (χ0n) is 16.1. The maximum absolute atomic E-state index is 13.0. The largest absolute Gasteiger partial charge is 0.504 e. The monoisotopic (exact) mass is 383 g/mol. The van der Waals surface area contributed by atoms with E-state index in [0.29, 0.717) is 25.0 Å². The maximum atomic E-state index is 13.0. The van der Waals surface area contributed by atoms with Gasteiger partial charge in [-0.1, -0.05) is 6.07 Å². The van der Waals surface area contributed by atoms with Crippen molar-refractivity contribution >= 4 is 11.8 Å². The topological polar surface area (TPSA) is 76.1 Å². The number of Topliss-reactive ketones (excluding diaryl/α,β-unsaturated/α-hetero) is 1. The van der Waals surface area contributed by atoms with E-state index in [2.05, 4.69) is 4.90 Å². The number of hydrogen-bond acceptors (Lipinski definition) is 6. The highest BCUT2D eigenvalue weighted by Crippen LogP contribution is 2.66. The number of phenols is 1. The molecular weight excluding hydrogens is 358 g/mol. The molecule has 2 saturated carbocycles. The lowest BCUT2D eigenvalue weighted by atomic mass is 9.48. The van der Waals surface area contributed by atoms with Gasteiger partial charge in [-0.25, -0.2) is 0 Å². The number of aromatic hydroxyl groups is 1. The molecule has 6 nitrogen and oxygen atoms in total. The number of esters is 1. The van der Waals surface area contributed by atoms with Crippen LogP contribution in [-0.2, 0) is 26.2 Å². The van der Waals surface area contributed by atoms with E-state index in [4.69, 9.17) is 9.47 Å². The van der Waals surface area contributed by atoms with Gasteiger partial charge in [0.25, 0.3) is 0 Å². The quantitative estimate of drug-likeness (QED) is 0.806. The standard InChI is InChI=1S/C22H25NO5/c1-12(24)28-22-7-6-16(26)20-21(22)8-9-23(11-13-2-3-13)17(22)10-14-4-5-15(25)19(27-20)18(14)21/h4-5,13,17,20,25H,2-3,6-11H2,1H3/t17?,20-,21-,22+/m0/s1. The molecule has 1 unspecified atom stereocenters. The van der Waals surface area contributed by atoms with Crippen molar-refractivity contribution in [1.82, 2.24) is 4.90 Å². The summed E-state index contributed by atoms with van der Waals surface area (Å²) in [6, 6.07) is 3.69. The molecule has 0 aromatic heterocycles. The highest BCUT2D eigenvalue weighted by molar-refractivity contribution is 5.90. The lowest BCUT2D eigenvalue weighted by molar-refractivity contribution is -0.214. The van der Waals surface area contributed by atoms with Crippen LogP contribution in [0.4, 0.5) is 0 Å². The molecule has 4 atom stereocenters. The molecule has 1 aromatic carbocycles. The number of nitrogens with zero attached hydrogens (tertiary/aromatic N) is 1. The highest BCUT2D eigenvalue weighted by Gasteiger charge is 2.75. The maximum Gasteiger partial charge on any atom is 0.303 e. The molecule has 5 aliphatic rings. The average molecular weight is 383 g/mol. The number of likely N-dealkylation sites (tertiary alicyclic amines) is 1. The normalized spacial score (nSPS) is 38.0. The Morgan fingerprint density at radius 3 is 2.93 bits per heavy atom.